The number of rotatable bonds is 7. The summed E-state index contributed by atoms with van der Waals surface area (Å²) in [5.74, 6) is 0. The van der Waals surface area contributed by atoms with Gasteiger partial charge in [-0.1, -0.05) is 6.08 Å². The maximum Gasteiger partial charge on any atom is 0.410 e. The topological polar surface area (TPSA) is 70.0 Å². The van der Waals surface area contributed by atoms with E-state index in [0.717, 1.165) is 5.57 Å². The monoisotopic (exact) mass is 273 g/mol. The molecule has 0 unspecified atom stereocenters. The average molecular weight is 273 g/mol. The first-order chi connectivity index (χ1) is 8.84. The minimum atomic E-state index is -0.493. The molecule has 0 fully saturated rings. The second-order valence-electron chi connectivity index (χ2n) is 5.34. The predicted molar refractivity (Wildman–Crippen MR) is 75.0 cm³/mol. The highest BCUT2D eigenvalue weighted by atomic mass is 16.6. The molecular weight excluding hydrogens is 246 g/mol. The minimum Gasteiger partial charge on any atom is -0.444 e. The summed E-state index contributed by atoms with van der Waals surface area (Å²) in [6.07, 6.45) is 2.65. The quantitative estimate of drug-likeness (QED) is 0.695. The Morgan fingerprint density at radius 2 is 1.95 bits per heavy atom. The van der Waals surface area contributed by atoms with Crippen LogP contribution in [0, 0.1) is 0 Å². The predicted octanol–water partition coefficient (Wildman–Crippen LogP) is 1.93. The van der Waals surface area contributed by atoms with E-state index in [9.17, 15) is 4.79 Å². The first-order valence-corrected chi connectivity index (χ1v) is 6.71. The van der Waals surface area contributed by atoms with Gasteiger partial charge in [-0.2, -0.15) is 0 Å². The molecule has 112 valence electrons. The number of hydrogen-bond donors (Lipinski definition) is 2. The number of aliphatic hydroxyl groups excluding tert-OH is 2. The lowest BCUT2D eigenvalue weighted by Crippen LogP contribution is -2.37. The molecule has 0 aliphatic carbocycles. The van der Waals surface area contributed by atoms with Crippen molar-refractivity contribution in [3.63, 3.8) is 0 Å². The van der Waals surface area contributed by atoms with Gasteiger partial charge in [0.15, 0.2) is 0 Å². The van der Waals surface area contributed by atoms with E-state index >= 15 is 0 Å². The maximum atomic E-state index is 11.9. The second kappa shape index (κ2) is 8.93. The Morgan fingerprint density at radius 1 is 1.32 bits per heavy atom. The molecule has 0 aromatic heterocycles. The number of carbonyl (C=O) groups is 1. The van der Waals surface area contributed by atoms with Crippen LogP contribution in [-0.2, 0) is 4.74 Å². The molecule has 0 rings (SSSR count). The van der Waals surface area contributed by atoms with Gasteiger partial charge in [0.1, 0.15) is 5.60 Å². The standard InChI is InChI=1S/C14H27NO4/c1-5-15(13(18)19-14(2,3)4)9-6-7-12(11-17)8-10-16/h7,16-17H,5-6,8-11H2,1-4H3/b12-7-. The molecule has 19 heavy (non-hydrogen) atoms. The summed E-state index contributed by atoms with van der Waals surface area (Å²) in [5, 5.41) is 17.9. The Balaban J connectivity index is 4.30. The van der Waals surface area contributed by atoms with E-state index in [1.54, 1.807) is 4.90 Å². The smallest absolute Gasteiger partial charge is 0.410 e. The van der Waals surface area contributed by atoms with E-state index in [-0.39, 0.29) is 19.3 Å². The fraction of sp³-hybridized carbons (Fsp3) is 0.786. The number of aliphatic hydroxyl groups is 2. The zero-order valence-electron chi connectivity index (χ0n) is 12.5. The van der Waals surface area contributed by atoms with Crippen LogP contribution in [0.4, 0.5) is 4.79 Å². The van der Waals surface area contributed by atoms with Gasteiger partial charge in [0, 0.05) is 19.7 Å². The van der Waals surface area contributed by atoms with Gasteiger partial charge in [-0.25, -0.2) is 4.79 Å². The van der Waals surface area contributed by atoms with E-state index in [1.165, 1.54) is 0 Å². The normalized spacial score (nSPS) is 12.4. The van der Waals surface area contributed by atoms with Crippen LogP contribution in [0.25, 0.3) is 0 Å². The average Bonchev–Trinajstić information content (AvgIpc) is 2.30. The van der Waals surface area contributed by atoms with Crippen molar-refractivity contribution >= 4 is 6.09 Å². The molecule has 0 aliphatic rings. The van der Waals surface area contributed by atoms with Crippen molar-refractivity contribution in [1.82, 2.24) is 4.90 Å². The lowest BCUT2D eigenvalue weighted by atomic mass is 10.1. The number of nitrogens with zero attached hydrogens (tertiary/aromatic N) is 1. The van der Waals surface area contributed by atoms with E-state index in [4.69, 9.17) is 14.9 Å². The van der Waals surface area contributed by atoms with Crippen LogP contribution < -0.4 is 0 Å². The first kappa shape index (κ1) is 17.9. The first-order valence-electron chi connectivity index (χ1n) is 6.71. The molecule has 0 saturated carbocycles. The van der Waals surface area contributed by atoms with Gasteiger partial charge >= 0.3 is 6.09 Å². The highest BCUT2D eigenvalue weighted by Gasteiger charge is 2.20. The van der Waals surface area contributed by atoms with Crippen molar-refractivity contribution in [2.24, 2.45) is 0 Å². The van der Waals surface area contributed by atoms with Crippen LogP contribution in [0.15, 0.2) is 11.6 Å². The number of ether oxygens (including phenoxy) is 1. The Hall–Kier alpha value is -1.07. The van der Waals surface area contributed by atoms with E-state index < -0.39 is 5.60 Å². The summed E-state index contributed by atoms with van der Waals surface area (Å²) < 4.78 is 5.30. The third kappa shape index (κ3) is 8.61. The molecule has 5 heteroatoms. The zero-order valence-corrected chi connectivity index (χ0v) is 12.5. The van der Waals surface area contributed by atoms with Gasteiger partial charge in [0.25, 0.3) is 0 Å². The summed E-state index contributed by atoms with van der Waals surface area (Å²) in [5.41, 5.74) is 0.302. The van der Waals surface area contributed by atoms with Crippen LogP contribution in [0.3, 0.4) is 0 Å². The molecule has 0 radical (unpaired) electrons. The number of hydrogen-bond acceptors (Lipinski definition) is 4. The van der Waals surface area contributed by atoms with Gasteiger partial charge in [-0.15, -0.1) is 0 Å². The van der Waals surface area contributed by atoms with Crippen molar-refractivity contribution in [3.05, 3.63) is 11.6 Å². The fourth-order valence-corrected chi connectivity index (χ4v) is 1.52. The molecule has 0 saturated heterocycles. The highest BCUT2D eigenvalue weighted by Crippen LogP contribution is 2.10. The minimum absolute atomic E-state index is 0.0238. The Labute approximate surface area is 115 Å². The largest absolute Gasteiger partial charge is 0.444 e. The number of amides is 1. The SMILES string of the molecule is CCN(CC/C=C(\CO)CCO)C(=O)OC(C)(C)C. The number of carbonyl (C=O) groups excluding carboxylic acids is 1. The Kier molecular flexibility index (Phi) is 8.43. The molecular formula is C14H27NO4. The van der Waals surface area contributed by atoms with Gasteiger partial charge in [-0.05, 0) is 46.1 Å². The van der Waals surface area contributed by atoms with Crippen LogP contribution in [0.5, 0.6) is 0 Å². The second-order valence-corrected chi connectivity index (χ2v) is 5.34. The van der Waals surface area contributed by atoms with Crippen molar-refractivity contribution in [2.75, 3.05) is 26.3 Å². The molecule has 0 aromatic rings. The summed E-state index contributed by atoms with van der Waals surface area (Å²) in [4.78, 5) is 13.5. The molecule has 2 N–H and O–H groups in total. The zero-order chi connectivity index (χ0) is 14.9. The van der Waals surface area contributed by atoms with Crippen LogP contribution in [-0.4, -0.2) is 53.1 Å². The molecule has 0 aliphatic heterocycles. The molecule has 0 heterocycles. The maximum absolute atomic E-state index is 11.9. The van der Waals surface area contributed by atoms with Crippen molar-refractivity contribution in [2.45, 2.75) is 46.1 Å². The third-order valence-electron chi connectivity index (χ3n) is 2.50. The van der Waals surface area contributed by atoms with Gasteiger partial charge in [0.2, 0.25) is 0 Å². The molecule has 1 amide bonds. The van der Waals surface area contributed by atoms with Crippen LogP contribution in [0.2, 0.25) is 0 Å². The molecule has 5 nitrogen and oxygen atoms in total. The van der Waals surface area contributed by atoms with Crippen LogP contribution in [0.1, 0.15) is 40.5 Å². The summed E-state index contributed by atoms with van der Waals surface area (Å²) in [6.45, 7) is 8.50. The van der Waals surface area contributed by atoms with Crippen LogP contribution >= 0.6 is 0 Å². The van der Waals surface area contributed by atoms with E-state index in [1.807, 2.05) is 33.8 Å². The van der Waals surface area contributed by atoms with Crippen molar-refractivity contribution < 1.29 is 19.7 Å². The third-order valence-corrected chi connectivity index (χ3v) is 2.50. The summed E-state index contributed by atoms with van der Waals surface area (Å²) >= 11 is 0. The molecule has 0 atom stereocenters. The van der Waals surface area contributed by atoms with E-state index in [0.29, 0.717) is 25.9 Å². The Morgan fingerprint density at radius 3 is 2.37 bits per heavy atom. The van der Waals surface area contributed by atoms with Gasteiger partial charge < -0.3 is 19.8 Å². The fourth-order valence-electron chi connectivity index (χ4n) is 1.52. The van der Waals surface area contributed by atoms with Crippen molar-refractivity contribution in [3.8, 4) is 0 Å². The summed E-state index contributed by atoms with van der Waals surface area (Å²) in [6, 6.07) is 0. The van der Waals surface area contributed by atoms with Crippen molar-refractivity contribution in [1.29, 1.82) is 0 Å². The van der Waals surface area contributed by atoms with E-state index in [2.05, 4.69) is 0 Å². The lowest BCUT2D eigenvalue weighted by molar-refractivity contribution is 0.0263. The molecule has 0 bridgehead atoms. The lowest BCUT2D eigenvalue weighted by Gasteiger charge is -2.26. The Bertz CT molecular complexity index is 294. The molecule has 0 spiro atoms. The van der Waals surface area contributed by atoms with Gasteiger partial charge in [-0.3, -0.25) is 0 Å². The highest BCUT2D eigenvalue weighted by molar-refractivity contribution is 5.68. The van der Waals surface area contributed by atoms with Gasteiger partial charge in [0.05, 0.1) is 6.61 Å². The molecule has 0 aromatic carbocycles. The summed E-state index contributed by atoms with van der Waals surface area (Å²) in [7, 11) is 0.